The van der Waals surface area contributed by atoms with E-state index in [2.05, 4.69) is 45.0 Å². The summed E-state index contributed by atoms with van der Waals surface area (Å²) in [6.45, 7) is 10.4. The normalized spacial score (nSPS) is 28.2. The molecule has 0 amide bonds. The highest BCUT2D eigenvalue weighted by molar-refractivity contribution is 4.91. The molecule has 0 aliphatic heterocycles. The van der Waals surface area contributed by atoms with Crippen molar-refractivity contribution in [1.82, 2.24) is 10.2 Å². The minimum absolute atomic E-state index is 0.686. The smallest absolute Gasteiger partial charge is 0.0122 e. The Kier molecular flexibility index (Phi) is 5.07. The van der Waals surface area contributed by atoms with Gasteiger partial charge in [0.1, 0.15) is 0 Å². The Morgan fingerprint density at radius 1 is 1.27 bits per heavy atom. The van der Waals surface area contributed by atoms with Gasteiger partial charge in [0.15, 0.2) is 0 Å². The van der Waals surface area contributed by atoms with Crippen LogP contribution in [0.15, 0.2) is 0 Å². The average molecular weight is 212 g/mol. The molecule has 0 aromatic heterocycles. The van der Waals surface area contributed by atoms with E-state index >= 15 is 0 Å². The predicted molar refractivity (Wildman–Crippen MR) is 67.2 cm³/mol. The molecule has 0 radical (unpaired) electrons. The third kappa shape index (κ3) is 4.12. The van der Waals surface area contributed by atoms with Crippen LogP contribution in [0, 0.1) is 5.92 Å². The van der Waals surface area contributed by atoms with Crippen LogP contribution in [0.25, 0.3) is 0 Å². The monoisotopic (exact) mass is 212 g/mol. The van der Waals surface area contributed by atoms with Crippen LogP contribution in [0.2, 0.25) is 0 Å². The summed E-state index contributed by atoms with van der Waals surface area (Å²) in [7, 11) is 2.27. The molecular weight excluding hydrogens is 184 g/mol. The van der Waals surface area contributed by atoms with Crippen molar-refractivity contribution in [2.24, 2.45) is 5.92 Å². The molecule has 0 bridgehead atoms. The van der Waals surface area contributed by atoms with Crippen molar-refractivity contribution in [1.29, 1.82) is 0 Å². The summed E-state index contributed by atoms with van der Waals surface area (Å²) in [4.78, 5) is 2.53. The van der Waals surface area contributed by atoms with Gasteiger partial charge in [-0.2, -0.15) is 0 Å². The highest BCUT2D eigenvalue weighted by Crippen LogP contribution is 2.25. The van der Waals surface area contributed by atoms with E-state index in [9.17, 15) is 0 Å². The molecule has 0 aromatic carbocycles. The molecule has 1 rings (SSSR count). The van der Waals surface area contributed by atoms with E-state index in [0.717, 1.165) is 18.0 Å². The second-order valence-corrected chi connectivity index (χ2v) is 5.63. The van der Waals surface area contributed by atoms with E-state index in [0.29, 0.717) is 6.04 Å². The lowest BCUT2D eigenvalue weighted by Crippen LogP contribution is -2.53. The molecule has 2 heteroatoms. The van der Waals surface area contributed by atoms with Gasteiger partial charge in [0.05, 0.1) is 0 Å². The number of nitrogens with zero attached hydrogens (tertiary/aromatic N) is 1. The molecule has 0 spiro atoms. The maximum atomic E-state index is 3.68. The summed E-state index contributed by atoms with van der Waals surface area (Å²) in [5.74, 6) is 0.788. The van der Waals surface area contributed by atoms with Crippen molar-refractivity contribution in [2.45, 2.75) is 65.1 Å². The van der Waals surface area contributed by atoms with Crippen molar-refractivity contribution in [3.63, 3.8) is 0 Å². The van der Waals surface area contributed by atoms with E-state index < -0.39 is 0 Å². The number of hydrogen-bond donors (Lipinski definition) is 1. The first-order chi connectivity index (χ1) is 7.02. The van der Waals surface area contributed by atoms with Gasteiger partial charge in [-0.25, -0.2) is 0 Å². The summed E-state index contributed by atoms with van der Waals surface area (Å²) in [5, 5.41) is 3.68. The lowest BCUT2D eigenvalue weighted by atomic mass is 9.85. The molecule has 90 valence electrons. The van der Waals surface area contributed by atoms with Gasteiger partial charge in [-0.05, 0) is 39.2 Å². The molecule has 1 unspecified atom stereocenters. The molecular formula is C13H28N2. The summed E-state index contributed by atoms with van der Waals surface area (Å²) in [6.07, 6.45) is 3.92. The van der Waals surface area contributed by atoms with Gasteiger partial charge >= 0.3 is 0 Å². The van der Waals surface area contributed by atoms with E-state index in [1.807, 2.05) is 0 Å². The molecule has 1 aliphatic carbocycles. The topological polar surface area (TPSA) is 15.3 Å². The fraction of sp³-hybridized carbons (Fsp3) is 1.00. The predicted octanol–water partition coefficient (Wildman–Crippen LogP) is 2.49. The maximum Gasteiger partial charge on any atom is 0.0122 e. The van der Waals surface area contributed by atoms with Crippen molar-refractivity contribution in [2.75, 3.05) is 13.6 Å². The first-order valence-corrected chi connectivity index (χ1v) is 6.49. The fourth-order valence-corrected chi connectivity index (χ4v) is 2.33. The van der Waals surface area contributed by atoms with Gasteiger partial charge < -0.3 is 10.2 Å². The number of nitrogens with one attached hydrogen (secondary N) is 1. The largest absolute Gasteiger partial charge is 0.311 e. The molecule has 0 heterocycles. The van der Waals surface area contributed by atoms with Crippen LogP contribution in [0.1, 0.15) is 47.0 Å². The summed E-state index contributed by atoms with van der Waals surface area (Å²) < 4.78 is 0. The Bertz CT molecular complexity index is 173. The molecule has 15 heavy (non-hydrogen) atoms. The zero-order valence-corrected chi connectivity index (χ0v) is 11.1. The third-order valence-electron chi connectivity index (χ3n) is 3.52. The minimum Gasteiger partial charge on any atom is -0.311 e. The molecule has 1 aliphatic rings. The molecule has 0 aromatic rings. The quantitative estimate of drug-likeness (QED) is 0.728. The van der Waals surface area contributed by atoms with Crippen LogP contribution in [-0.4, -0.2) is 36.6 Å². The summed E-state index contributed by atoms with van der Waals surface area (Å²) in [5.41, 5.74) is 0. The van der Waals surface area contributed by atoms with Crippen LogP contribution in [0.3, 0.4) is 0 Å². The van der Waals surface area contributed by atoms with Crippen molar-refractivity contribution < 1.29 is 0 Å². The second-order valence-electron chi connectivity index (χ2n) is 5.63. The van der Waals surface area contributed by atoms with Crippen molar-refractivity contribution in [3.8, 4) is 0 Å². The van der Waals surface area contributed by atoms with Crippen molar-refractivity contribution >= 4 is 0 Å². The fourth-order valence-electron chi connectivity index (χ4n) is 2.33. The summed E-state index contributed by atoms with van der Waals surface area (Å²) >= 11 is 0. The van der Waals surface area contributed by atoms with E-state index in [1.54, 1.807) is 0 Å². The lowest BCUT2D eigenvalue weighted by molar-refractivity contribution is 0.105. The molecule has 1 fully saturated rings. The minimum atomic E-state index is 0.686. The molecule has 1 atom stereocenters. The zero-order chi connectivity index (χ0) is 11.4. The molecule has 2 nitrogen and oxygen atoms in total. The van der Waals surface area contributed by atoms with Crippen molar-refractivity contribution in [3.05, 3.63) is 0 Å². The van der Waals surface area contributed by atoms with Crippen LogP contribution in [0.4, 0.5) is 0 Å². The van der Waals surface area contributed by atoms with Crippen LogP contribution in [-0.2, 0) is 0 Å². The lowest BCUT2D eigenvalue weighted by Gasteiger charge is -2.43. The van der Waals surface area contributed by atoms with Gasteiger partial charge in [-0.15, -0.1) is 0 Å². The first kappa shape index (κ1) is 13.0. The third-order valence-corrected chi connectivity index (χ3v) is 3.52. The highest BCUT2D eigenvalue weighted by atomic mass is 15.2. The van der Waals surface area contributed by atoms with E-state index in [-0.39, 0.29) is 0 Å². The number of rotatable bonds is 6. The Morgan fingerprint density at radius 2 is 1.87 bits per heavy atom. The van der Waals surface area contributed by atoms with Gasteiger partial charge in [0.25, 0.3) is 0 Å². The SMILES string of the molecule is CCC(C)N[C@H]1C[C@H](N(C)CC(C)C)C1. The van der Waals surface area contributed by atoms with Gasteiger partial charge in [-0.1, -0.05) is 20.8 Å². The van der Waals surface area contributed by atoms with Gasteiger partial charge in [0, 0.05) is 24.7 Å². The molecule has 1 N–H and O–H groups in total. The average Bonchev–Trinajstić information content (AvgIpc) is 2.08. The Hall–Kier alpha value is -0.0800. The maximum absolute atomic E-state index is 3.68. The standard InChI is InChI=1S/C13H28N2/c1-6-11(4)14-12-7-13(8-12)15(5)9-10(2)3/h10-14H,6-9H2,1-5H3/t11?,12-,13-. The van der Waals surface area contributed by atoms with Crippen LogP contribution < -0.4 is 5.32 Å². The van der Waals surface area contributed by atoms with Crippen LogP contribution >= 0.6 is 0 Å². The molecule has 1 saturated carbocycles. The van der Waals surface area contributed by atoms with Gasteiger partial charge in [0.2, 0.25) is 0 Å². The summed E-state index contributed by atoms with van der Waals surface area (Å²) in [6, 6.07) is 2.29. The highest BCUT2D eigenvalue weighted by Gasteiger charge is 2.32. The molecule has 0 saturated heterocycles. The Labute approximate surface area is 95.4 Å². The van der Waals surface area contributed by atoms with Gasteiger partial charge in [-0.3, -0.25) is 0 Å². The Morgan fingerprint density at radius 3 is 2.33 bits per heavy atom. The first-order valence-electron chi connectivity index (χ1n) is 6.49. The van der Waals surface area contributed by atoms with Crippen LogP contribution in [0.5, 0.6) is 0 Å². The van der Waals surface area contributed by atoms with E-state index in [1.165, 1.54) is 25.8 Å². The second kappa shape index (κ2) is 5.86. The number of hydrogen-bond acceptors (Lipinski definition) is 2. The zero-order valence-electron chi connectivity index (χ0n) is 11.1. The Balaban J connectivity index is 2.14. The van der Waals surface area contributed by atoms with E-state index in [4.69, 9.17) is 0 Å².